The maximum Gasteiger partial charge on any atom is 0.363 e. The molecule has 4 nitrogen and oxygen atoms in total. The predicted octanol–water partition coefficient (Wildman–Crippen LogP) is 2.73. The number of nitrogens with zero attached hydrogens (tertiary/aromatic N) is 2. The van der Waals surface area contributed by atoms with Gasteiger partial charge in [-0.1, -0.05) is 24.3 Å². The summed E-state index contributed by atoms with van der Waals surface area (Å²) >= 11 is 0. The molecule has 0 fully saturated rings. The zero-order valence-electron chi connectivity index (χ0n) is 10.9. The molecule has 0 spiro atoms. The van der Waals surface area contributed by atoms with Crippen LogP contribution in [0.2, 0.25) is 0 Å². The summed E-state index contributed by atoms with van der Waals surface area (Å²) < 4.78 is 5.23. The van der Waals surface area contributed by atoms with Gasteiger partial charge in [-0.3, -0.25) is 4.98 Å². The van der Waals surface area contributed by atoms with Gasteiger partial charge in [0.2, 0.25) is 5.90 Å². The Morgan fingerprint density at radius 3 is 2.65 bits per heavy atom. The smallest absolute Gasteiger partial charge is 0.363 e. The Hall–Kier alpha value is -2.75. The van der Waals surface area contributed by atoms with E-state index >= 15 is 0 Å². The quantitative estimate of drug-likeness (QED) is 0.619. The number of ether oxygens (including phenoxy) is 1. The third kappa shape index (κ3) is 2.36. The minimum absolute atomic E-state index is 0.266. The van der Waals surface area contributed by atoms with E-state index < -0.39 is 5.97 Å². The molecule has 1 aromatic carbocycles. The van der Waals surface area contributed by atoms with Crippen molar-refractivity contribution in [2.24, 2.45) is 4.99 Å². The second kappa shape index (κ2) is 5.09. The third-order valence-corrected chi connectivity index (χ3v) is 2.97. The zero-order valence-corrected chi connectivity index (χ0v) is 10.9. The maximum atomic E-state index is 11.8. The highest BCUT2D eigenvalue weighted by Gasteiger charge is 2.24. The Morgan fingerprint density at radius 2 is 1.90 bits per heavy atom. The molecule has 3 rings (SSSR count). The molecular weight excluding hydrogens is 252 g/mol. The average molecular weight is 264 g/mol. The number of cyclic esters (lactones) is 1. The Kier molecular flexibility index (Phi) is 3.13. The molecule has 0 aliphatic carbocycles. The topological polar surface area (TPSA) is 51.5 Å². The van der Waals surface area contributed by atoms with Crippen LogP contribution in [0.25, 0.3) is 6.08 Å². The van der Waals surface area contributed by atoms with Crippen molar-refractivity contribution in [3.63, 3.8) is 0 Å². The first kappa shape index (κ1) is 12.3. The first-order chi connectivity index (χ1) is 9.74. The summed E-state index contributed by atoms with van der Waals surface area (Å²) in [6.45, 7) is 1.95. The number of carbonyl (C=O) groups is 1. The second-order valence-corrected chi connectivity index (χ2v) is 4.41. The van der Waals surface area contributed by atoms with Crippen molar-refractivity contribution >= 4 is 17.9 Å². The van der Waals surface area contributed by atoms with Crippen LogP contribution in [0.3, 0.4) is 0 Å². The largest absolute Gasteiger partial charge is 0.402 e. The van der Waals surface area contributed by atoms with Gasteiger partial charge < -0.3 is 4.74 Å². The number of aryl methyl sites for hydroxylation is 1. The first-order valence-electron chi connectivity index (χ1n) is 6.23. The number of rotatable bonds is 2. The standard InChI is InChI=1S/C16H12N2O2/c1-11-6-2-3-8-13(11)15-18-14(16(19)20-15)10-12-7-4-5-9-17-12/h2-10H,1H3/b14-10+. The highest BCUT2D eigenvalue weighted by atomic mass is 16.6. The number of esters is 1. The van der Waals surface area contributed by atoms with Crippen molar-refractivity contribution in [2.45, 2.75) is 6.92 Å². The van der Waals surface area contributed by atoms with Crippen LogP contribution in [0.1, 0.15) is 16.8 Å². The van der Waals surface area contributed by atoms with E-state index in [0.717, 1.165) is 11.1 Å². The van der Waals surface area contributed by atoms with Crippen LogP contribution in [0, 0.1) is 6.92 Å². The molecule has 0 radical (unpaired) electrons. The van der Waals surface area contributed by atoms with Crippen molar-refractivity contribution in [1.82, 2.24) is 4.98 Å². The summed E-state index contributed by atoms with van der Waals surface area (Å²) in [6.07, 6.45) is 3.28. The zero-order chi connectivity index (χ0) is 13.9. The van der Waals surface area contributed by atoms with Gasteiger partial charge in [-0.25, -0.2) is 9.79 Å². The molecular formula is C16H12N2O2. The third-order valence-electron chi connectivity index (χ3n) is 2.97. The summed E-state index contributed by atoms with van der Waals surface area (Å²) in [5.74, 6) is -0.107. The van der Waals surface area contributed by atoms with Crippen LogP contribution in [0.15, 0.2) is 59.4 Å². The fourth-order valence-corrected chi connectivity index (χ4v) is 1.94. The van der Waals surface area contributed by atoms with Gasteiger partial charge in [0.25, 0.3) is 0 Å². The van der Waals surface area contributed by atoms with Crippen LogP contribution in [0.5, 0.6) is 0 Å². The molecule has 0 amide bonds. The summed E-state index contributed by atoms with van der Waals surface area (Å²) in [4.78, 5) is 20.2. The molecule has 98 valence electrons. The minimum Gasteiger partial charge on any atom is -0.402 e. The van der Waals surface area contributed by atoms with E-state index in [0.29, 0.717) is 11.6 Å². The second-order valence-electron chi connectivity index (χ2n) is 4.41. The Balaban J connectivity index is 1.98. The van der Waals surface area contributed by atoms with Crippen molar-refractivity contribution < 1.29 is 9.53 Å². The molecule has 1 aromatic heterocycles. The molecule has 0 saturated carbocycles. The lowest BCUT2D eigenvalue weighted by Crippen LogP contribution is -2.06. The summed E-state index contributed by atoms with van der Waals surface area (Å²) in [5, 5.41) is 0. The monoisotopic (exact) mass is 264 g/mol. The molecule has 20 heavy (non-hydrogen) atoms. The molecule has 0 atom stereocenters. The van der Waals surface area contributed by atoms with Gasteiger partial charge in [0, 0.05) is 11.8 Å². The van der Waals surface area contributed by atoms with Crippen LogP contribution in [0.4, 0.5) is 0 Å². The van der Waals surface area contributed by atoms with Gasteiger partial charge in [-0.15, -0.1) is 0 Å². The van der Waals surface area contributed by atoms with Crippen molar-refractivity contribution in [1.29, 1.82) is 0 Å². The molecule has 4 heteroatoms. The number of aromatic nitrogens is 1. The van der Waals surface area contributed by atoms with Gasteiger partial charge in [0.15, 0.2) is 5.70 Å². The average Bonchev–Trinajstić information content (AvgIpc) is 2.81. The van der Waals surface area contributed by atoms with Crippen molar-refractivity contribution in [3.05, 3.63) is 71.2 Å². The molecule has 0 unspecified atom stereocenters. The Bertz CT molecular complexity index is 718. The van der Waals surface area contributed by atoms with Gasteiger partial charge in [0.1, 0.15) is 0 Å². The molecule has 0 saturated heterocycles. The maximum absolute atomic E-state index is 11.8. The Labute approximate surface area is 116 Å². The van der Waals surface area contributed by atoms with E-state index in [1.54, 1.807) is 12.3 Å². The number of pyridine rings is 1. The molecule has 0 N–H and O–H groups in total. The van der Waals surface area contributed by atoms with Gasteiger partial charge in [-0.2, -0.15) is 0 Å². The molecule has 0 bridgehead atoms. The SMILES string of the molecule is Cc1ccccc1C1=N/C(=C/c2ccccn2)C(=O)O1. The number of benzene rings is 1. The van der Waals surface area contributed by atoms with Gasteiger partial charge in [0.05, 0.1) is 5.69 Å². The normalized spacial score (nSPS) is 16.1. The van der Waals surface area contributed by atoms with E-state index in [2.05, 4.69) is 9.98 Å². The fraction of sp³-hybridized carbons (Fsp3) is 0.0625. The number of aliphatic imine (C=N–C) groups is 1. The van der Waals surface area contributed by atoms with Crippen LogP contribution in [-0.4, -0.2) is 16.9 Å². The van der Waals surface area contributed by atoms with Gasteiger partial charge in [-0.05, 0) is 36.8 Å². The molecule has 1 aliphatic heterocycles. The van der Waals surface area contributed by atoms with E-state index in [1.807, 2.05) is 49.4 Å². The molecule has 2 aromatic rings. The molecule has 2 heterocycles. The number of carbonyl (C=O) groups excluding carboxylic acids is 1. The lowest BCUT2D eigenvalue weighted by atomic mass is 10.1. The van der Waals surface area contributed by atoms with Crippen LogP contribution < -0.4 is 0 Å². The summed E-state index contributed by atoms with van der Waals surface area (Å²) in [7, 11) is 0. The Morgan fingerprint density at radius 1 is 1.10 bits per heavy atom. The fourth-order valence-electron chi connectivity index (χ4n) is 1.94. The van der Waals surface area contributed by atoms with Crippen molar-refractivity contribution in [3.8, 4) is 0 Å². The predicted molar refractivity (Wildman–Crippen MR) is 76.0 cm³/mol. The van der Waals surface area contributed by atoms with E-state index in [9.17, 15) is 4.79 Å². The first-order valence-corrected chi connectivity index (χ1v) is 6.23. The van der Waals surface area contributed by atoms with E-state index in [1.165, 1.54) is 0 Å². The lowest BCUT2D eigenvalue weighted by Gasteiger charge is -2.02. The van der Waals surface area contributed by atoms with Crippen LogP contribution in [-0.2, 0) is 9.53 Å². The minimum atomic E-state index is -0.450. The highest BCUT2D eigenvalue weighted by Crippen LogP contribution is 2.20. The summed E-state index contributed by atoms with van der Waals surface area (Å²) in [6, 6.07) is 13.1. The van der Waals surface area contributed by atoms with Gasteiger partial charge >= 0.3 is 5.97 Å². The van der Waals surface area contributed by atoms with Crippen molar-refractivity contribution in [2.75, 3.05) is 0 Å². The molecule has 1 aliphatic rings. The van der Waals surface area contributed by atoms with E-state index in [4.69, 9.17) is 4.74 Å². The number of hydrogen-bond acceptors (Lipinski definition) is 4. The van der Waals surface area contributed by atoms with E-state index in [-0.39, 0.29) is 5.70 Å². The summed E-state index contributed by atoms with van der Waals surface area (Å²) in [5.41, 5.74) is 2.78. The highest BCUT2D eigenvalue weighted by molar-refractivity contribution is 6.13. The lowest BCUT2D eigenvalue weighted by molar-refractivity contribution is -0.129. The van der Waals surface area contributed by atoms with Crippen LogP contribution >= 0.6 is 0 Å². The number of hydrogen-bond donors (Lipinski definition) is 0.